The number of carbonyl (C=O) groups is 1. The number of carbonyl (C=O) groups excluding carboxylic acids is 1. The van der Waals surface area contributed by atoms with Gasteiger partial charge in [-0.2, -0.15) is 0 Å². The van der Waals surface area contributed by atoms with Crippen LogP contribution in [0.4, 0.5) is 0 Å². The molecule has 0 aliphatic carbocycles. The number of hydrogen-bond donors (Lipinski definition) is 0. The Balaban J connectivity index is 2.70. The molecule has 0 amide bonds. The molecular formula is C13H18ClNO. The zero-order chi connectivity index (χ0) is 12.1. The summed E-state index contributed by atoms with van der Waals surface area (Å²) in [6, 6.07) is 7.97. The normalized spacial score (nSPS) is 12.8. The molecule has 2 nitrogen and oxygen atoms in total. The van der Waals surface area contributed by atoms with Crippen LogP contribution in [0.1, 0.15) is 31.9 Å². The third-order valence-electron chi connectivity index (χ3n) is 2.81. The second-order valence-corrected chi connectivity index (χ2v) is 4.47. The number of ketones is 1. The molecule has 0 saturated carbocycles. The lowest BCUT2D eigenvalue weighted by atomic mass is 10.1. The molecule has 0 spiro atoms. The Kier molecular flexibility index (Phi) is 4.97. The van der Waals surface area contributed by atoms with Crippen molar-refractivity contribution in [1.29, 1.82) is 0 Å². The van der Waals surface area contributed by atoms with Gasteiger partial charge in [0.25, 0.3) is 0 Å². The Bertz CT molecular complexity index is 365. The molecule has 0 aliphatic rings. The van der Waals surface area contributed by atoms with E-state index in [0.717, 1.165) is 10.6 Å². The zero-order valence-electron chi connectivity index (χ0n) is 10.0. The lowest BCUT2D eigenvalue weighted by Gasteiger charge is -2.24. The van der Waals surface area contributed by atoms with Crippen LogP contribution in [0, 0.1) is 0 Å². The van der Waals surface area contributed by atoms with Gasteiger partial charge in [-0.25, -0.2) is 0 Å². The molecule has 0 N–H and O–H groups in total. The van der Waals surface area contributed by atoms with Crippen LogP contribution in [-0.2, 0) is 4.79 Å². The van der Waals surface area contributed by atoms with Crippen molar-refractivity contribution in [1.82, 2.24) is 4.90 Å². The summed E-state index contributed by atoms with van der Waals surface area (Å²) < 4.78 is 0. The highest BCUT2D eigenvalue weighted by atomic mass is 35.5. The number of rotatable bonds is 5. The minimum absolute atomic E-state index is 0.203. The fourth-order valence-electron chi connectivity index (χ4n) is 1.55. The van der Waals surface area contributed by atoms with Crippen molar-refractivity contribution in [2.45, 2.75) is 26.3 Å². The largest absolute Gasteiger partial charge is 0.298 e. The van der Waals surface area contributed by atoms with Gasteiger partial charge in [-0.05, 0) is 31.7 Å². The first-order valence-corrected chi connectivity index (χ1v) is 5.89. The second-order valence-electron chi connectivity index (χ2n) is 4.04. The highest BCUT2D eigenvalue weighted by Crippen LogP contribution is 2.21. The Morgan fingerprint density at radius 2 is 2.19 bits per heavy atom. The van der Waals surface area contributed by atoms with Crippen molar-refractivity contribution in [2.75, 3.05) is 13.6 Å². The van der Waals surface area contributed by atoms with Gasteiger partial charge in [-0.3, -0.25) is 9.69 Å². The van der Waals surface area contributed by atoms with E-state index in [1.807, 2.05) is 43.1 Å². The molecule has 0 heterocycles. The van der Waals surface area contributed by atoms with Gasteiger partial charge in [-0.1, -0.05) is 30.7 Å². The minimum atomic E-state index is 0.203. The zero-order valence-corrected chi connectivity index (χ0v) is 10.8. The van der Waals surface area contributed by atoms with Gasteiger partial charge >= 0.3 is 0 Å². The summed E-state index contributed by atoms with van der Waals surface area (Å²) in [6.45, 7) is 4.46. The summed E-state index contributed by atoms with van der Waals surface area (Å²) in [4.78, 5) is 13.4. The van der Waals surface area contributed by atoms with Gasteiger partial charge < -0.3 is 0 Å². The van der Waals surface area contributed by atoms with Crippen LogP contribution in [0.15, 0.2) is 24.3 Å². The Morgan fingerprint density at radius 1 is 1.50 bits per heavy atom. The van der Waals surface area contributed by atoms with Gasteiger partial charge in [-0.15, -0.1) is 0 Å². The van der Waals surface area contributed by atoms with E-state index in [-0.39, 0.29) is 11.8 Å². The van der Waals surface area contributed by atoms with Crippen LogP contribution >= 0.6 is 11.6 Å². The van der Waals surface area contributed by atoms with Crippen LogP contribution in [0.3, 0.4) is 0 Å². The predicted octanol–water partition coefficient (Wildman–Crippen LogP) is 3.31. The lowest BCUT2D eigenvalue weighted by molar-refractivity contribution is -0.120. The van der Waals surface area contributed by atoms with Crippen LogP contribution in [0.2, 0.25) is 5.02 Å². The molecule has 0 saturated heterocycles. The van der Waals surface area contributed by atoms with Gasteiger partial charge in [0.1, 0.15) is 5.78 Å². The van der Waals surface area contributed by atoms with Crippen molar-refractivity contribution < 1.29 is 4.79 Å². The van der Waals surface area contributed by atoms with Gasteiger partial charge in [0.05, 0.1) is 6.54 Å². The molecule has 0 bridgehead atoms. The molecule has 0 radical (unpaired) electrons. The van der Waals surface area contributed by atoms with Crippen LogP contribution in [-0.4, -0.2) is 24.3 Å². The van der Waals surface area contributed by atoms with E-state index in [9.17, 15) is 4.79 Å². The second kappa shape index (κ2) is 6.02. The Morgan fingerprint density at radius 3 is 2.75 bits per heavy atom. The molecule has 1 unspecified atom stereocenters. The molecule has 0 fully saturated rings. The van der Waals surface area contributed by atoms with E-state index >= 15 is 0 Å². The van der Waals surface area contributed by atoms with Crippen LogP contribution in [0.5, 0.6) is 0 Å². The van der Waals surface area contributed by atoms with Gasteiger partial charge in [0.2, 0.25) is 0 Å². The molecule has 1 aromatic carbocycles. The van der Waals surface area contributed by atoms with Gasteiger partial charge in [0, 0.05) is 17.5 Å². The van der Waals surface area contributed by atoms with E-state index in [1.54, 1.807) is 0 Å². The monoisotopic (exact) mass is 239 g/mol. The minimum Gasteiger partial charge on any atom is -0.298 e. The van der Waals surface area contributed by atoms with Crippen molar-refractivity contribution in [2.24, 2.45) is 0 Å². The van der Waals surface area contributed by atoms with Crippen molar-refractivity contribution in [3.05, 3.63) is 34.9 Å². The Hall–Kier alpha value is -0.860. The van der Waals surface area contributed by atoms with Crippen molar-refractivity contribution in [3.8, 4) is 0 Å². The third kappa shape index (κ3) is 3.62. The Labute approximate surface area is 102 Å². The topological polar surface area (TPSA) is 20.3 Å². The molecule has 0 aromatic heterocycles. The number of benzene rings is 1. The van der Waals surface area contributed by atoms with Crippen LogP contribution < -0.4 is 0 Å². The summed E-state index contributed by atoms with van der Waals surface area (Å²) in [5, 5.41) is 0.736. The number of hydrogen-bond acceptors (Lipinski definition) is 2. The number of likely N-dealkylation sites (N-methyl/N-ethyl adjacent to an activating group) is 1. The molecule has 16 heavy (non-hydrogen) atoms. The molecular weight excluding hydrogens is 222 g/mol. The van der Waals surface area contributed by atoms with E-state index < -0.39 is 0 Å². The molecule has 3 heteroatoms. The maximum atomic E-state index is 11.4. The van der Waals surface area contributed by atoms with E-state index in [0.29, 0.717) is 13.0 Å². The number of Topliss-reactive ketones (excluding diaryl/α,β-unsaturated/α-hetero) is 1. The summed E-state index contributed by atoms with van der Waals surface area (Å²) in [6.07, 6.45) is 0.590. The highest BCUT2D eigenvalue weighted by molar-refractivity contribution is 6.30. The van der Waals surface area contributed by atoms with E-state index in [1.165, 1.54) is 0 Å². The van der Waals surface area contributed by atoms with Crippen molar-refractivity contribution >= 4 is 17.4 Å². The first-order chi connectivity index (χ1) is 7.54. The quantitative estimate of drug-likeness (QED) is 0.786. The summed E-state index contributed by atoms with van der Waals surface area (Å²) in [5.74, 6) is 0.261. The van der Waals surface area contributed by atoms with Gasteiger partial charge in [0.15, 0.2) is 0 Å². The number of halogens is 1. The third-order valence-corrected chi connectivity index (χ3v) is 3.05. The SMILES string of the molecule is CCC(=O)CN(C)C(C)c1cccc(Cl)c1. The summed E-state index contributed by atoms with van der Waals surface area (Å²) >= 11 is 5.94. The molecule has 1 aromatic rings. The maximum absolute atomic E-state index is 11.4. The lowest BCUT2D eigenvalue weighted by Crippen LogP contribution is -2.28. The first-order valence-electron chi connectivity index (χ1n) is 5.52. The molecule has 1 atom stereocenters. The standard InChI is InChI=1S/C13H18ClNO/c1-4-13(16)9-15(3)10(2)11-6-5-7-12(14)8-11/h5-8,10H,4,9H2,1-3H3. The number of nitrogens with zero attached hydrogens (tertiary/aromatic N) is 1. The highest BCUT2D eigenvalue weighted by Gasteiger charge is 2.13. The molecule has 1 rings (SSSR count). The molecule has 0 aliphatic heterocycles. The smallest absolute Gasteiger partial charge is 0.146 e. The fraction of sp³-hybridized carbons (Fsp3) is 0.462. The maximum Gasteiger partial charge on any atom is 0.146 e. The average molecular weight is 240 g/mol. The van der Waals surface area contributed by atoms with E-state index in [2.05, 4.69) is 6.92 Å². The first kappa shape index (κ1) is 13.2. The average Bonchev–Trinajstić information content (AvgIpc) is 2.27. The predicted molar refractivity (Wildman–Crippen MR) is 67.8 cm³/mol. The van der Waals surface area contributed by atoms with Crippen LogP contribution in [0.25, 0.3) is 0 Å². The molecule has 88 valence electrons. The van der Waals surface area contributed by atoms with E-state index in [4.69, 9.17) is 11.6 Å². The fourth-order valence-corrected chi connectivity index (χ4v) is 1.75. The summed E-state index contributed by atoms with van der Waals surface area (Å²) in [5.41, 5.74) is 1.14. The van der Waals surface area contributed by atoms with Crippen molar-refractivity contribution in [3.63, 3.8) is 0 Å². The summed E-state index contributed by atoms with van der Waals surface area (Å²) in [7, 11) is 1.96.